The predicted octanol–water partition coefficient (Wildman–Crippen LogP) is 1.70. The third-order valence-corrected chi connectivity index (χ3v) is 3.12. The number of carboxylic acids is 1. The summed E-state index contributed by atoms with van der Waals surface area (Å²) in [7, 11) is 0. The van der Waals surface area contributed by atoms with Gasteiger partial charge in [0.2, 0.25) is 0 Å². The smallest absolute Gasteiger partial charge is 0.331 e. The lowest BCUT2D eigenvalue weighted by Crippen LogP contribution is -2.26. The second kappa shape index (κ2) is 6.73. The van der Waals surface area contributed by atoms with E-state index < -0.39 is 18.1 Å². The molecule has 0 heterocycles. The second-order valence-electron chi connectivity index (χ2n) is 4.62. The van der Waals surface area contributed by atoms with Crippen LogP contribution in [0.5, 0.6) is 11.5 Å². The van der Waals surface area contributed by atoms with E-state index in [2.05, 4.69) is 4.99 Å². The molecule has 6 nitrogen and oxygen atoms in total. The summed E-state index contributed by atoms with van der Waals surface area (Å²) in [5, 5.41) is 38.7. The third-order valence-electron chi connectivity index (χ3n) is 3.12. The molecule has 2 rings (SSSR count). The van der Waals surface area contributed by atoms with Gasteiger partial charge in [-0.25, -0.2) is 4.79 Å². The molecule has 0 aromatic heterocycles. The van der Waals surface area contributed by atoms with Crippen LogP contribution in [0.1, 0.15) is 17.2 Å². The van der Waals surface area contributed by atoms with Gasteiger partial charge in [0.05, 0.1) is 0 Å². The molecular weight excluding hydrogens is 286 g/mol. The first-order chi connectivity index (χ1) is 10.5. The molecule has 114 valence electrons. The Morgan fingerprint density at radius 2 is 1.59 bits per heavy atom. The van der Waals surface area contributed by atoms with Crippen LogP contribution in [0.3, 0.4) is 0 Å². The zero-order chi connectivity index (χ0) is 16.1. The summed E-state index contributed by atoms with van der Waals surface area (Å²) >= 11 is 0. The van der Waals surface area contributed by atoms with Crippen LogP contribution in [0.2, 0.25) is 0 Å². The molecule has 6 heteroatoms. The minimum absolute atomic E-state index is 0.0487. The van der Waals surface area contributed by atoms with Gasteiger partial charge in [0.15, 0.2) is 6.04 Å². The Balaban J connectivity index is 2.29. The van der Waals surface area contributed by atoms with Gasteiger partial charge in [-0.1, -0.05) is 30.3 Å². The van der Waals surface area contributed by atoms with Gasteiger partial charge in [-0.15, -0.1) is 0 Å². The Morgan fingerprint density at radius 1 is 1.00 bits per heavy atom. The summed E-state index contributed by atoms with van der Waals surface area (Å²) in [6.07, 6.45) is -0.335. The van der Waals surface area contributed by atoms with Crippen molar-refractivity contribution in [3.05, 3.63) is 59.7 Å². The molecule has 2 atom stereocenters. The molecule has 0 bridgehead atoms. The summed E-state index contributed by atoms with van der Waals surface area (Å²) in [6.45, 7) is 0. The third kappa shape index (κ3) is 3.42. The van der Waals surface area contributed by atoms with E-state index in [-0.39, 0.29) is 17.1 Å². The number of aliphatic carboxylic acids is 1. The number of nitrogens with zero attached hydrogens (tertiary/aromatic N) is 1. The summed E-state index contributed by atoms with van der Waals surface area (Å²) in [6, 6.07) is 10.7. The van der Waals surface area contributed by atoms with Crippen molar-refractivity contribution in [2.75, 3.05) is 0 Å². The van der Waals surface area contributed by atoms with Crippen molar-refractivity contribution in [1.82, 2.24) is 0 Å². The zero-order valence-electron chi connectivity index (χ0n) is 11.5. The van der Waals surface area contributed by atoms with E-state index in [1.165, 1.54) is 24.4 Å². The van der Waals surface area contributed by atoms with Crippen molar-refractivity contribution >= 4 is 12.2 Å². The van der Waals surface area contributed by atoms with Crippen LogP contribution < -0.4 is 0 Å². The van der Waals surface area contributed by atoms with E-state index in [1.807, 2.05) is 0 Å². The lowest BCUT2D eigenvalue weighted by atomic mass is 10.0. The van der Waals surface area contributed by atoms with Crippen molar-refractivity contribution < 1.29 is 25.2 Å². The number of aliphatic imine (C=N–C) groups is 1. The van der Waals surface area contributed by atoms with Crippen molar-refractivity contribution in [3.8, 4) is 11.5 Å². The van der Waals surface area contributed by atoms with Crippen LogP contribution in [0.25, 0.3) is 0 Å². The monoisotopic (exact) mass is 301 g/mol. The van der Waals surface area contributed by atoms with Crippen molar-refractivity contribution in [3.63, 3.8) is 0 Å². The first-order valence-electron chi connectivity index (χ1n) is 6.50. The molecule has 0 aliphatic carbocycles. The topological polar surface area (TPSA) is 110 Å². The van der Waals surface area contributed by atoms with Crippen LogP contribution in [-0.2, 0) is 4.79 Å². The fourth-order valence-electron chi connectivity index (χ4n) is 1.95. The van der Waals surface area contributed by atoms with E-state index in [0.29, 0.717) is 5.56 Å². The summed E-state index contributed by atoms with van der Waals surface area (Å²) < 4.78 is 0. The van der Waals surface area contributed by atoms with Crippen LogP contribution in [0.15, 0.2) is 53.5 Å². The molecule has 22 heavy (non-hydrogen) atoms. The maximum Gasteiger partial charge on any atom is 0.331 e. The van der Waals surface area contributed by atoms with E-state index >= 15 is 0 Å². The Kier molecular flexibility index (Phi) is 4.75. The average Bonchev–Trinajstić information content (AvgIpc) is 2.49. The van der Waals surface area contributed by atoms with Crippen LogP contribution in [-0.4, -0.2) is 38.7 Å². The van der Waals surface area contributed by atoms with Crippen molar-refractivity contribution in [1.29, 1.82) is 0 Å². The molecule has 2 unspecified atom stereocenters. The number of hydrogen-bond acceptors (Lipinski definition) is 5. The molecule has 2 aromatic carbocycles. The van der Waals surface area contributed by atoms with E-state index in [4.69, 9.17) is 0 Å². The molecule has 0 fully saturated rings. The van der Waals surface area contributed by atoms with Gasteiger partial charge >= 0.3 is 5.97 Å². The van der Waals surface area contributed by atoms with E-state index in [1.54, 1.807) is 30.3 Å². The van der Waals surface area contributed by atoms with Crippen LogP contribution >= 0.6 is 0 Å². The number of phenols is 2. The first-order valence-corrected chi connectivity index (χ1v) is 6.50. The zero-order valence-corrected chi connectivity index (χ0v) is 11.5. The highest BCUT2D eigenvalue weighted by molar-refractivity contribution is 5.86. The number of benzene rings is 2. The van der Waals surface area contributed by atoms with Crippen LogP contribution in [0.4, 0.5) is 0 Å². The fraction of sp³-hybridized carbons (Fsp3) is 0.125. The number of rotatable bonds is 5. The number of aromatic hydroxyl groups is 2. The molecular formula is C16H15NO5. The van der Waals surface area contributed by atoms with Gasteiger partial charge in [-0.05, 0) is 18.2 Å². The van der Waals surface area contributed by atoms with Gasteiger partial charge in [0.1, 0.15) is 17.6 Å². The molecule has 0 aliphatic rings. The normalized spacial score (nSPS) is 13.9. The molecule has 0 saturated heterocycles. The number of carbonyl (C=O) groups is 1. The quantitative estimate of drug-likeness (QED) is 0.628. The maximum absolute atomic E-state index is 11.3. The number of aliphatic hydroxyl groups excluding tert-OH is 1. The molecule has 0 spiro atoms. The minimum Gasteiger partial charge on any atom is -0.508 e. The summed E-state index contributed by atoms with van der Waals surface area (Å²) in [5.41, 5.74) is 0.405. The Labute approximate surface area is 126 Å². The number of phenolic OH excluding ortho intramolecular Hbond substituents is 2. The van der Waals surface area contributed by atoms with Crippen molar-refractivity contribution in [2.24, 2.45) is 4.99 Å². The van der Waals surface area contributed by atoms with Crippen LogP contribution in [0, 0.1) is 0 Å². The standard InChI is InChI=1S/C16H15NO5/c18-12-7-3-1-5-10(12)9-17-14(16(21)22)15(20)11-6-2-4-8-13(11)19/h1-9,14-15,18-20H,(H,21,22). The highest BCUT2D eigenvalue weighted by Crippen LogP contribution is 2.27. The van der Waals surface area contributed by atoms with Gasteiger partial charge in [-0.2, -0.15) is 0 Å². The molecule has 2 aromatic rings. The molecule has 0 aliphatic heterocycles. The lowest BCUT2D eigenvalue weighted by molar-refractivity contribution is -0.141. The highest BCUT2D eigenvalue weighted by atomic mass is 16.4. The highest BCUT2D eigenvalue weighted by Gasteiger charge is 2.28. The molecule has 0 saturated carbocycles. The fourth-order valence-corrected chi connectivity index (χ4v) is 1.95. The largest absolute Gasteiger partial charge is 0.508 e. The first kappa shape index (κ1) is 15.5. The van der Waals surface area contributed by atoms with Crippen molar-refractivity contribution in [2.45, 2.75) is 12.1 Å². The summed E-state index contributed by atoms with van der Waals surface area (Å²) in [4.78, 5) is 15.1. The molecule has 0 radical (unpaired) electrons. The lowest BCUT2D eigenvalue weighted by Gasteiger charge is -2.16. The predicted molar refractivity (Wildman–Crippen MR) is 80.2 cm³/mol. The van der Waals surface area contributed by atoms with Gasteiger partial charge < -0.3 is 20.4 Å². The molecule has 0 amide bonds. The maximum atomic E-state index is 11.3. The number of hydrogen-bond donors (Lipinski definition) is 4. The number of carboxylic acid groups (broad SMARTS) is 1. The number of para-hydroxylation sites is 2. The van der Waals surface area contributed by atoms with Gasteiger partial charge in [-0.3, -0.25) is 4.99 Å². The second-order valence-corrected chi connectivity index (χ2v) is 4.62. The van der Waals surface area contributed by atoms with E-state index in [0.717, 1.165) is 0 Å². The SMILES string of the molecule is O=C(O)C(N=Cc1ccccc1O)C(O)c1ccccc1O. The minimum atomic E-state index is -1.51. The molecule has 4 N–H and O–H groups in total. The van der Waals surface area contributed by atoms with Gasteiger partial charge in [0.25, 0.3) is 0 Å². The Morgan fingerprint density at radius 3 is 2.18 bits per heavy atom. The average molecular weight is 301 g/mol. The van der Waals surface area contributed by atoms with E-state index in [9.17, 15) is 25.2 Å². The Bertz CT molecular complexity index is 698. The number of aliphatic hydroxyl groups is 1. The Hall–Kier alpha value is -2.86. The summed E-state index contributed by atoms with van der Waals surface area (Å²) in [5.74, 6) is -1.60. The van der Waals surface area contributed by atoms with Gasteiger partial charge in [0, 0.05) is 17.3 Å².